The maximum Gasteiger partial charge on any atom is 0.239 e. The summed E-state index contributed by atoms with van der Waals surface area (Å²) in [6, 6.07) is 7.13. The summed E-state index contributed by atoms with van der Waals surface area (Å²) in [5.41, 5.74) is 7.13. The van der Waals surface area contributed by atoms with E-state index in [0.717, 1.165) is 12.0 Å². The number of carbonyl (C=O) groups excluding carboxylic acids is 2. The minimum atomic E-state index is -0.167. The largest absolute Gasteiger partial charge is 0.399 e. The van der Waals surface area contributed by atoms with Gasteiger partial charge in [0.15, 0.2) is 0 Å². The Morgan fingerprint density at radius 3 is 2.57 bits per heavy atom. The molecular formula is C15H23N3O3. The molecule has 0 unspecified atom stereocenters. The van der Waals surface area contributed by atoms with Crippen molar-refractivity contribution in [2.75, 3.05) is 39.6 Å². The number of likely N-dealkylation sites (N-methyl/N-ethyl adjacent to an activating group) is 1. The standard InChI is InChI=1S/C15H23N3O3/c1-18(11-14(19)17-8-3-9-21-2)15(20)10-12-4-6-13(16)7-5-12/h4-7H,3,8-11,16H2,1-2H3,(H,17,19). The van der Waals surface area contributed by atoms with Gasteiger partial charge in [-0.1, -0.05) is 12.1 Å². The molecule has 21 heavy (non-hydrogen) atoms. The van der Waals surface area contributed by atoms with Crippen LogP contribution in [0.4, 0.5) is 5.69 Å². The summed E-state index contributed by atoms with van der Waals surface area (Å²) in [6.07, 6.45) is 1.01. The second-order valence-electron chi connectivity index (χ2n) is 4.86. The van der Waals surface area contributed by atoms with Crippen LogP contribution in [0.5, 0.6) is 0 Å². The maximum absolute atomic E-state index is 12.0. The average Bonchev–Trinajstić information content (AvgIpc) is 2.46. The molecule has 1 rings (SSSR count). The Morgan fingerprint density at radius 2 is 1.95 bits per heavy atom. The fraction of sp³-hybridized carbons (Fsp3) is 0.467. The summed E-state index contributed by atoms with van der Waals surface area (Å²) in [5, 5.41) is 2.75. The highest BCUT2D eigenvalue weighted by Gasteiger charge is 2.13. The fourth-order valence-corrected chi connectivity index (χ4v) is 1.75. The SMILES string of the molecule is COCCCNC(=O)CN(C)C(=O)Cc1ccc(N)cc1. The van der Waals surface area contributed by atoms with Crippen molar-refractivity contribution in [2.45, 2.75) is 12.8 Å². The molecule has 0 radical (unpaired) electrons. The van der Waals surface area contributed by atoms with Gasteiger partial charge in [-0.15, -0.1) is 0 Å². The molecule has 6 nitrogen and oxygen atoms in total. The molecule has 0 saturated heterocycles. The molecule has 0 aliphatic carbocycles. The van der Waals surface area contributed by atoms with E-state index in [1.807, 2.05) is 12.1 Å². The lowest BCUT2D eigenvalue weighted by Gasteiger charge is -2.17. The summed E-state index contributed by atoms with van der Waals surface area (Å²) >= 11 is 0. The van der Waals surface area contributed by atoms with Crippen molar-refractivity contribution in [1.29, 1.82) is 0 Å². The first-order valence-corrected chi connectivity index (χ1v) is 6.87. The molecular weight excluding hydrogens is 270 g/mol. The second-order valence-corrected chi connectivity index (χ2v) is 4.86. The molecule has 0 aromatic heterocycles. The summed E-state index contributed by atoms with van der Waals surface area (Å²) in [6.45, 7) is 1.21. The van der Waals surface area contributed by atoms with Gasteiger partial charge in [-0.2, -0.15) is 0 Å². The first-order valence-electron chi connectivity index (χ1n) is 6.87. The first kappa shape index (κ1) is 17.0. The molecule has 0 aliphatic rings. The van der Waals surface area contributed by atoms with Gasteiger partial charge in [0.05, 0.1) is 13.0 Å². The van der Waals surface area contributed by atoms with Crippen LogP contribution >= 0.6 is 0 Å². The van der Waals surface area contributed by atoms with Gasteiger partial charge < -0.3 is 20.7 Å². The number of amides is 2. The number of ether oxygens (including phenoxy) is 1. The van der Waals surface area contributed by atoms with Crippen molar-refractivity contribution in [3.63, 3.8) is 0 Å². The molecule has 0 spiro atoms. The minimum Gasteiger partial charge on any atom is -0.399 e. The topological polar surface area (TPSA) is 84.7 Å². The lowest BCUT2D eigenvalue weighted by molar-refractivity contribution is -0.134. The number of nitrogens with two attached hydrogens (primary N) is 1. The third-order valence-corrected chi connectivity index (χ3v) is 2.99. The van der Waals surface area contributed by atoms with Crippen molar-refractivity contribution in [3.05, 3.63) is 29.8 Å². The number of nitrogen functional groups attached to an aromatic ring is 1. The highest BCUT2D eigenvalue weighted by molar-refractivity contribution is 5.85. The molecule has 2 amide bonds. The van der Waals surface area contributed by atoms with E-state index in [-0.39, 0.29) is 24.8 Å². The zero-order valence-corrected chi connectivity index (χ0v) is 12.6. The van der Waals surface area contributed by atoms with Gasteiger partial charge in [0, 0.05) is 33.0 Å². The Bertz CT molecular complexity index is 460. The molecule has 0 heterocycles. The molecule has 0 saturated carbocycles. The number of hydrogen-bond donors (Lipinski definition) is 2. The van der Waals surface area contributed by atoms with E-state index in [4.69, 9.17) is 10.5 Å². The number of benzene rings is 1. The number of anilines is 1. The number of methoxy groups -OCH3 is 1. The highest BCUT2D eigenvalue weighted by Crippen LogP contribution is 2.07. The molecule has 0 atom stereocenters. The Labute approximate surface area is 125 Å². The molecule has 0 fully saturated rings. The number of rotatable bonds is 8. The van der Waals surface area contributed by atoms with Crippen LogP contribution in [0.15, 0.2) is 24.3 Å². The maximum atomic E-state index is 12.0. The lowest BCUT2D eigenvalue weighted by Crippen LogP contribution is -2.39. The van der Waals surface area contributed by atoms with Gasteiger partial charge in [-0.05, 0) is 24.1 Å². The number of nitrogens with zero attached hydrogens (tertiary/aromatic N) is 1. The average molecular weight is 293 g/mol. The Kier molecular flexibility index (Phi) is 7.25. The zero-order chi connectivity index (χ0) is 15.7. The van der Waals surface area contributed by atoms with Crippen molar-refractivity contribution < 1.29 is 14.3 Å². The van der Waals surface area contributed by atoms with E-state index in [1.54, 1.807) is 26.3 Å². The smallest absolute Gasteiger partial charge is 0.239 e. The minimum absolute atomic E-state index is 0.0563. The third kappa shape index (κ3) is 6.76. The molecule has 1 aromatic carbocycles. The first-order chi connectivity index (χ1) is 10.0. The van der Waals surface area contributed by atoms with Crippen molar-refractivity contribution in [3.8, 4) is 0 Å². The molecule has 3 N–H and O–H groups in total. The van der Waals surface area contributed by atoms with E-state index >= 15 is 0 Å². The summed E-state index contributed by atoms with van der Waals surface area (Å²) in [7, 11) is 3.24. The second kappa shape index (κ2) is 8.97. The van der Waals surface area contributed by atoms with Crippen LogP contribution in [0.2, 0.25) is 0 Å². The van der Waals surface area contributed by atoms with Gasteiger partial charge in [0.25, 0.3) is 0 Å². The molecule has 6 heteroatoms. The fourth-order valence-electron chi connectivity index (χ4n) is 1.75. The lowest BCUT2D eigenvalue weighted by atomic mass is 10.1. The Morgan fingerprint density at radius 1 is 1.29 bits per heavy atom. The molecule has 0 aliphatic heterocycles. The third-order valence-electron chi connectivity index (χ3n) is 2.99. The summed E-state index contributed by atoms with van der Waals surface area (Å²) in [5.74, 6) is -0.272. The monoisotopic (exact) mass is 293 g/mol. The van der Waals surface area contributed by atoms with E-state index in [0.29, 0.717) is 18.8 Å². The molecule has 1 aromatic rings. The number of nitrogens with one attached hydrogen (secondary N) is 1. The van der Waals surface area contributed by atoms with Crippen molar-refractivity contribution >= 4 is 17.5 Å². The van der Waals surface area contributed by atoms with E-state index < -0.39 is 0 Å². The Hall–Kier alpha value is -2.08. The summed E-state index contributed by atoms with van der Waals surface area (Å²) < 4.78 is 4.89. The summed E-state index contributed by atoms with van der Waals surface area (Å²) in [4.78, 5) is 25.1. The van der Waals surface area contributed by atoms with Crippen LogP contribution in [-0.4, -0.2) is 50.6 Å². The van der Waals surface area contributed by atoms with Crippen LogP contribution < -0.4 is 11.1 Å². The van der Waals surface area contributed by atoms with Crippen LogP contribution in [0.3, 0.4) is 0 Å². The normalized spacial score (nSPS) is 10.2. The van der Waals surface area contributed by atoms with Crippen LogP contribution in [0, 0.1) is 0 Å². The van der Waals surface area contributed by atoms with Gasteiger partial charge in [-0.3, -0.25) is 9.59 Å². The highest BCUT2D eigenvalue weighted by atomic mass is 16.5. The van der Waals surface area contributed by atoms with E-state index in [1.165, 1.54) is 4.90 Å². The van der Waals surface area contributed by atoms with Crippen molar-refractivity contribution in [2.24, 2.45) is 0 Å². The number of carbonyl (C=O) groups is 2. The van der Waals surface area contributed by atoms with Gasteiger partial charge in [-0.25, -0.2) is 0 Å². The predicted octanol–water partition coefficient (Wildman–Crippen LogP) is 0.422. The number of hydrogen-bond acceptors (Lipinski definition) is 4. The molecule has 116 valence electrons. The van der Waals surface area contributed by atoms with Crippen LogP contribution in [-0.2, 0) is 20.7 Å². The van der Waals surface area contributed by atoms with Crippen LogP contribution in [0.1, 0.15) is 12.0 Å². The van der Waals surface area contributed by atoms with Gasteiger partial charge >= 0.3 is 0 Å². The van der Waals surface area contributed by atoms with E-state index in [2.05, 4.69) is 5.32 Å². The Balaban J connectivity index is 2.33. The zero-order valence-electron chi connectivity index (χ0n) is 12.6. The van der Waals surface area contributed by atoms with Crippen LogP contribution in [0.25, 0.3) is 0 Å². The van der Waals surface area contributed by atoms with Gasteiger partial charge in [0.2, 0.25) is 11.8 Å². The van der Waals surface area contributed by atoms with Gasteiger partial charge in [0.1, 0.15) is 0 Å². The quantitative estimate of drug-likeness (QED) is 0.537. The molecule has 0 bridgehead atoms. The predicted molar refractivity (Wildman–Crippen MR) is 81.7 cm³/mol. The van der Waals surface area contributed by atoms with E-state index in [9.17, 15) is 9.59 Å². The van der Waals surface area contributed by atoms with Crippen molar-refractivity contribution in [1.82, 2.24) is 10.2 Å².